The van der Waals surface area contributed by atoms with Crippen LogP contribution in [-0.4, -0.2) is 41.2 Å². The molecule has 1 aliphatic heterocycles. The third-order valence-corrected chi connectivity index (χ3v) is 5.25. The Kier molecular flexibility index (Phi) is 5.85. The maximum atomic E-state index is 13.2. The minimum absolute atomic E-state index is 0.0265. The zero-order valence-corrected chi connectivity index (χ0v) is 17.6. The van der Waals surface area contributed by atoms with Crippen molar-refractivity contribution in [2.45, 2.75) is 44.8 Å². The van der Waals surface area contributed by atoms with Gasteiger partial charge in [0.05, 0.1) is 6.54 Å². The van der Waals surface area contributed by atoms with Crippen LogP contribution in [0.1, 0.15) is 38.8 Å². The summed E-state index contributed by atoms with van der Waals surface area (Å²) in [5.74, 6) is -0.345. The van der Waals surface area contributed by atoms with Gasteiger partial charge in [0.1, 0.15) is 29.8 Å². The summed E-state index contributed by atoms with van der Waals surface area (Å²) in [6, 6.07) is 12.3. The summed E-state index contributed by atoms with van der Waals surface area (Å²) >= 11 is 0. The molecule has 0 spiro atoms. The molecule has 7 heteroatoms. The molecule has 2 N–H and O–H groups in total. The highest BCUT2D eigenvalue weighted by Gasteiger charge is 2.49. The zero-order valence-electron chi connectivity index (χ0n) is 17.6. The molecular weight excluding hydrogens is 387 g/mol. The molecule has 2 unspecified atom stereocenters. The Hall–Kier alpha value is -2.93. The Morgan fingerprint density at radius 3 is 2.27 bits per heavy atom. The number of benzene rings is 2. The van der Waals surface area contributed by atoms with Crippen LogP contribution in [0.25, 0.3) is 0 Å². The number of hydrogen-bond donors (Lipinski definition) is 2. The molecule has 0 aliphatic carbocycles. The average molecular weight is 414 g/mol. The number of ether oxygens (including phenoxy) is 1. The second-order valence-corrected chi connectivity index (χ2v) is 8.72. The molecule has 3 amide bonds. The van der Waals surface area contributed by atoms with Crippen molar-refractivity contribution in [1.82, 2.24) is 10.2 Å². The van der Waals surface area contributed by atoms with Gasteiger partial charge in [-0.15, -0.1) is 0 Å². The van der Waals surface area contributed by atoms with Crippen molar-refractivity contribution in [3.63, 3.8) is 0 Å². The van der Waals surface area contributed by atoms with Gasteiger partial charge in [-0.2, -0.15) is 0 Å². The fraction of sp³-hybridized carbons (Fsp3) is 0.391. The first-order valence-electron chi connectivity index (χ1n) is 9.82. The van der Waals surface area contributed by atoms with E-state index in [0.717, 1.165) is 10.5 Å². The number of aliphatic hydroxyl groups is 1. The van der Waals surface area contributed by atoms with Gasteiger partial charge in [-0.25, -0.2) is 9.18 Å². The van der Waals surface area contributed by atoms with Crippen LogP contribution in [0.15, 0.2) is 48.5 Å². The van der Waals surface area contributed by atoms with Crippen molar-refractivity contribution in [3.8, 4) is 5.75 Å². The number of halogens is 1. The lowest BCUT2D eigenvalue weighted by Gasteiger charge is -2.23. The van der Waals surface area contributed by atoms with Crippen molar-refractivity contribution in [2.24, 2.45) is 0 Å². The summed E-state index contributed by atoms with van der Waals surface area (Å²) in [6.45, 7) is 7.63. The van der Waals surface area contributed by atoms with E-state index in [1.807, 2.05) is 24.3 Å². The fourth-order valence-corrected chi connectivity index (χ4v) is 3.35. The van der Waals surface area contributed by atoms with Crippen molar-refractivity contribution < 1.29 is 23.8 Å². The van der Waals surface area contributed by atoms with Gasteiger partial charge < -0.3 is 15.2 Å². The maximum absolute atomic E-state index is 13.2. The van der Waals surface area contributed by atoms with E-state index in [9.17, 15) is 19.1 Å². The summed E-state index contributed by atoms with van der Waals surface area (Å²) in [7, 11) is 0. The molecule has 1 fully saturated rings. The van der Waals surface area contributed by atoms with Crippen molar-refractivity contribution in [2.75, 3.05) is 13.2 Å². The number of amides is 3. The first-order valence-corrected chi connectivity index (χ1v) is 9.82. The Bertz CT molecular complexity index is 922. The van der Waals surface area contributed by atoms with Gasteiger partial charge in [0.25, 0.3) is 5.91 Å². The van der Waals surface area contributed by atoms with E-state index in [1.54, 1.807) is 6.92 Å². The van der Waals surface area contributed by atoms with Crippen LogP contribution < -0.4 is 10.1 Å². The number of β-amino-alcohol motifs (C(OH)–C–C–N with tert-alkyl or cyclic N) is 1. The van der Waals surface area contributed by atoms with Gasteiger partial charge >= 0.3 is 6.03 Å². The molecule has 2 aromatic rings. The minimum atomic E-state index is -1.31. The first-order chi connectivity index (χ1) is 14.0. The molecule has 30 heavy (non-hydrogen) atoms. The third kappa shape index (κ3) is 4.46. The number of hydrogen-bond acceptors (Lipinski definition) is 4. The summed E-state index contributed by atoms with van der Waals surface area (Å²) in [6.07, 6.45) is -1.06. The van der Waals surface area contributed by atoms with E-state index in [1.165, 1.54) is 24.3 Å². The van der Waals surface area contributed by atoms with E-state index in [0.29, 0.717) is 11.3 Å². The summed E-state index contributed by atoms with van der Waals surface area (Å²) in [5, 5.41) is 12.9. The minimum Gasteiger partial charge on any atom is -0.491 e. The molecule has 0 radical (unpaired) electrons. The number of rotatable bonds is 6. The number of urea groups is 1. The molecule has 0 saturated carbocycles. The van der Waals surface area contributed by atoms with Crippen LogP contribution in [0.2, 0.25) is 0 Å². The average Bonchev–Trinajstić information content (AvgIpc) is 2.90. The molecule has 0 aromatic heterocycles. The lowest BCUT2D eigenvalue weighted by Crippen LogP contribution is -2.42. The smallest absolute Gasteiger partial charge is 0.325 e. The SMILES string of the molecule is CC(C)(C)c1ccc(OCC(O)CN2C(=O)NC(C)(c3ccc(F)cc3)C2=O)cc1. The Balaban J connectivity index is 1.61. The van der Waals surface area contributed by atoms with Crippen molar-refractivity contribution >= 4 is 11.9 Å². The van der Waals surface area contributed by atoms with E-state index in [2.05, 4.69) is 26.1 Å². The monoisotopic (exact) mass is 414 g/mol. The summed E-state index contributed by atoms with van der Waals surface area (Å²) < 4.78 is 18.8. The van der Waals surface area contributed by atoms with Crippen LogP contribution in [0.4, 0.5) is 9.18 Å². The molecule has 1 aliphatic rings. The largest absolute Gasteiger partial charge is 0.491 e. The van der Waals surface area contributed by atoms with E-state index < -0.39 is 29.4 Å². The first kappa shape index (κ1) is 21.8. The van der Waals surface area contributed by atoms with Crippen LogP contribution in [0.5, 0.6) is 5.75 Å². The lowest BCUT2D eigenvalue weighted by atomic mass is 9.87. The van der Waals surface area contributed by atoms with Crippen LogP contribution in [0.3, 0.4) is 0 Å². The molecule has 3 rings (SSSR count). The van der Waals surface area contributed by atoms with Gasteiger partial charge in [0.2, 0.25) is 0 Å². The lowest BCUT2D eigenvalue weighted by molar-refractivity contribution is -0.132. The quantitative estimate of drug-likeness (QED) is 0.711. The number of nitrogens with one attached hydrogen (secondary N) is 1. The highest BCUT2D eigenvalue weighted by atomic mass is 19.1. The number of imide groups is 1. The van der Waals surface area contributed by atoms with E-state index >= 15 is 0 Å². The van der Waals surface area contributed by atoms with Gasteiger partial charge in [-0.1, -0.05) is 45.0 Å². The molecular formula is C23H27FN2O4. The summed E-state index contributed by atoms with van der Waals surface area (Å²) in [4.78, 5) is 26.2. The fourth-order valence-electron chi connectivity index (χ4n) is 3.35. The maximum Gasteiger partial charge on any atom is 0.325 e. The van der Waals surface area contributed by atoms with Gasteiger partial charge in [0, 0.05) is 0 Å². The molecule has 160 valence electrons. The van der Waals surface area contributed by atoms with Gasteiger partial charge in [-0.3, -0.25) is 9.69 Å². The second-order valence-electron chi connectivity index (χ2n) is 8.72. The van der Waals surface area contributed by atoms with Crippen LogP contribution >= 0.6 is 0 Å². The molecule has 0 bridgehead atoms. The Morgan fingerprint density at radius 1 is 1.10 bits per heavy atom. The van der Waals surface area contributed by atoms with Crippen molar-refractivity contribution in [1.29, 1.82) is 0 Å². The van der Waals surface area contributed by atoms with Crippen molar-refractivity contribution in [3.05, 3.63) is 65.5 Å². The van der Waals surface area contributed by atoms with E-state index in [4.69, 9.17) is 4.74 Å². The molecule has 1 heterocycles. The zero-order chi connectivity index (χ0) is 22.1. The number of carbonyl (C=O) groups is 2. The number of aliphatic hydroxyl groups excluding tert-OH is 1. The topological polar surface area (TPSA) is 78.9 Å². The normalized spacial score (nSPS) is 20.3. The third-order valence-electron chi connectivity index (χ3n) is 5.25. The Morgan fingerprint density at radius 2 is 1.70 bits per heavy atom. The second kappa shape index (κ2) is 8.07. The molecule has 2 aromatic carbocycles. The number of nitrogens with zero attached hydrogens (tertiary/aromatic N) is 1. The number of carbonyl (C=O) groups excluding carboxylic acids is 2. The summed E-state index contributed by atoms with van der Waals surface area (Å²) in [5.41, 5.74) is 0.344. The highest BCUT2D eigenvalue weighted by Crippen LogP contribution is 2.29. The highest BCUT2D eigenvalue weighted by molar-refractivity contribution is 6.07. The molecule has 6 nitrogen and oxygen atoms in total. The van der Waals surface area contributed by atoms with E-state index in [-0.39, 0.29) is 18.6 Å². The molecule has 1 saturated heterocycles. The van der Waals surface area contributed by atoms with Gasteiger partial charge in [-0.05, 0) is 47.7 Å². The predicted molar refractivity (Wildman–Crippen MR) is 111 cm³/mol. The standard InChI is InChI=1S/C23H27FN2O4/c1-22(2,3)15-7-11-19(12-8-15)30-14-18(27)13-26-20(28)23(4,25-21(26)29)16-5-9-17(24)10-6-16/h5-12,18,27H,13-14H2,1-4H3,(H,25,29). The van der Waals surface area contributed by atoms with Crippen LogP contribution in [0, 0.1) is 5.82 Å². The predicted octanol–water partition coefficient (Wildman–Crippen LogP) is 3.33. The molecule has 2 atom stereocenters. The Labute approximate surface area is 175 Å². The van der Waals surface area contributed by atoms with Crippen LogP contribution in [-0.2, 0) is 15.7 Å². The van der Waals surface area contributed by atoms with Gasteiger partial charge in [0.15, 0.2) is 0 Å².